The van der Waals surface area contributed by atoms with Gasteiger partial charge < -0.3 is 20.3 Å². The molecule has 168 valence electrons. The molecule has 10 heteroatoms. The molecule has 0 aromatic heterocycles. The highest BCUT2D eigenvalue weighted by Gasteiger charge is 2.24. The lowest BCUT2D eigenvalue weighted by molar-refractivity contribution is 0.0957. The lowest BCUT2D eigenvalue weighted by atomic mass is 10.1. The minimum absolute atomic E-state index is 0.00253. The third-order valence-electron chi connectivity index (χ3n) is 5.08. The molecule has 0 unspecified atom stereocenters. The Morgan fingerprint density at radius 1 is 1.10 bits per heavy atom. The maximum absolute atomic E-state index is 12.5. The molecule has 2 rings (SSSR count). The first kappa shape index (κ1) is 23.9. The quantitative estimate of drug-likeness (QED) is 0.644. The standard InChI is InChI=1S/C20H32N4O5S/c1-4-24(5-2)30(27,28)18-9-7-16(8-10-18)15-21-19(25)22-17-11-13-23(14-12-17)20(26)29-6-3/h7-10,17H,4-6,11-15H2,1-3H3,(H2,21,22,25). The molecule has 1 aromatic carbocycles. The summed E-state index contributed by atoms with van der Waals surface area (Å²) in [5, 5.41) is 5.70. The summed E-state index contributed by atoms with van der Waals surface area (Å²) in [6, 6.07) is 6.24. The molecule has 1 aliphatic rings. The number of carbonyl (C=O) groups is 2. The molecule has 30 heavy (non-hydrogen) atoms. The number of amides is 3. The first-order chi connectivity index (χ1) is 14.3. The van der Waals surface area contributed by atoms with Crippen molar-refractivity contribution in [2.75, 3.05) is 32.8 Å². The Balaban J connectivity index is 1.80. The van der Waals surface area contributed by atoms with E-state index in [0.29, 0.717) is 52.2 Å². The number of hydrogen-bond acceptors (Lipinski definition) is 5. The van der Waals surface area contributed by atoms with Crippen molar-refractivity contribution in [1.82, 2.24) is 19.8 Å². The van der Waals surface area contributed by atoms with Crippen LogP contribution in [-0.4, -0.2) is 68.6 Å². The summed E-state index contributed by atoms with van der Waals surface area (Å²) in [6.07, 6.45) is 1.03. The molecule has 1 aliphatic heterocycles. The van der Waals surface area contributed by atoms with Crippen LogP contribution in [0.15, 0.2) is 29.2 Å². The summed E-state index contributed by atoms with van der Waals surface area (Å²) in [7, 11) is -3.49. The van der Waals surface area contributed by atoms with Gasteiger partial charge in [0.2, 0.25) is 10.0 Å². The van der Waals surface area contributed by atoms with E-state index in [1.54, 1.807) is 49.9 Å². The minimum Gasteiger partial charge on any atom is -0.450 e. The molecule has 1 saturated heterocycles. The summed E-state index contributed by atoms with van der Waals surface area (Å²) in [4.78, 5) is 25.8. The zero-order valence-corrected chi connectivity index (χ0v) is 18.7. The first-order valence-electron chi connectivity index (χ1n) is 10.4. The number of piperidine rings is 1. The van der Waals surface area contributed by atoms with Gasteiger partial charge >= 0.3 is 12.1 Å². The average molecular weight is 441 g/mol. The topological polar surface area (TPSA) is 108 Å². The summed E-state index contributed by atoms with van der Waals surface area (Å²) in [5.41, 5.74) is 0.806. The normalized spacial score (nSPS) is 15.1. The Kier molecular flexibility index (Phi) is 8.91. The van der Waals surface area contributed by atoms with Crippen molar-refractivity contribution in [2.45, 2.75) is 51.1 Å². The smallest absolute Gasteiger partial charge is 0.409 e. The molecule has 3 amide bonds. The maximum Gasteiger partial charge on any atom is 0.409 e. The molecular formula is C20H32N4O5S. The predicted octanol–water partition coefficient (Wildman–Crippen LogP) is 2.14. The Morgan fingerprint density at radius 2 is 1.70 bits per heavy atom. The fourth-order valence-electron chi connectivity index (χ4n) is 3.33. The van der Waals surface area contributed by atoms with E-state index in [-0.39, 0.29) is 23.1 Å². The lowest BCUT2D eigenvalue weighted by Gasteiger charge is -2.31. The number of benzene rings is 1. The van der Waals surface area contributed by atoms with E-state index in [2.05, 4.69) is 10.6 Å². The second-order valence-electron chi connectivity index (χ2n) is 7.02. The Bertz CT molecular complexity index is 801. The molecule has 0 atom stereocenters. The molecule has 0 bridgehead atoms. The van der Waals surface area contributed by atoms with Gasteiger partial charge in [-0.15, -0.1) is 0 Å². The van der Waals surface area contributed by atoms with E-state index >= 15 is 0 Å². The Morgan fingerprint density at radius 3 is 2.23 bits per heavy atom. The second kappa shape index (κ2) is 11.2. The molecule has 2 N–H and O–H groups in total. The van der Waals surface area contributed by atoms with E-state index in [1.807, 2.05) is 0 Å². The molecule has 0 aliphatic carbocycles. The number of urea groups is 1. The van der Waals surface area contributed by atoms with Crippen LogP contribution in [0, 0.1) is 0 Å². The van der Waals surface area contributed by atoms with Gasteiger partial charge in [0, 0.05) is 38.8 Å². The number of nitrogens with zero attached hydrogens (tertiary/aromatic N) is 2. The van der Waals surface area contributed by atoms with E-state index in [0.717, 1.165) is 5.56 Å². The van der Waals surface area contributed by atoms with E-state index < -0.39 is 10.0 Å². The van der Waals surface area contributed by atoms with Gasteiger partial charge in [-0.05, 0) is 37.5 Å². The van der Waals surface area contributed by atoms with Gasteiger partial charge in [0.05, 0.1) is 11.5 Å². The molecule has 1 aromatic rings. The second-order valence-corrected chi connectivity index (χ2v) is 8.96. The van der Waals surface area contributed by atoms with Crippen molar-refractivity contribution in [3.63, 3.8) is 0 Å². The highest BCUT2D eigenvalue weighted by atomic mass is 32.2. The molecule has 1 fully saturated rings. The minimum atomic E-state index is -3.49. The molecular weight excluding hydrogens is 408 g/mol. The van der Waals surface area contributed by atoms with Crippen molar-refractivity contribution >= 4 is 22.1 Å². The van der Waals surface area contributed by atoms with Gasteiger partial charge in [-0.2, -0.15) is 4.31 Å². The van der Waals surface area contributed by atoms with Crippen LogP contribution in [0.2, 0.25) is 0 Å². The van der Waals surface area contributed by atoms with Crippen LogP contribution >= 0.6 is 0 Å². The highest BCUT2D eigenvalue weighted by molar-refractivity contribution is 7.89. The van der Waals surface area contributed by atoms with Crippen molar-refractivity contribution in [3.8, 4) is 0 Å². The van der Waals surface area contributed by atoms with Crippen molar-refractivity contribution < 1.29 is 22.7 Å². The molecule has 0 spiro atoms. The van der Waals surface area contributed by atoms with Crippen LogP contribution < -0.4 is 10.6 Å². The van der Waals surface area contributed by atoms with Gasteiger partial charge in [-0.3, -0.25) is 0 Å². The zero-order chi connectivity index (χ0) is 22.1. The van der Waals surface area contributed by atoms with Gasteiger partial charge in [0.25, 0.3) is 0 Å². The lowest BCUT2D eigenvalue weighted by Crippen LogP contribution is -2.49. The third kappa shape index (κ3) is 6.33. The molecule has 9 nitrogen and oxygen atoms in total. The Labute approximate surface area is 178 Å². The average Bonchev–Trinajstić information content (AvgIpc) is 2.74. The molecule has 1 heterocycles. The number of ether oxygens (including phenoxy) is 1. The maximum atomic E-state index is 12.5. The summed E-state index contributed by atoms with van der Waals surface area (Å²) < 4.78 is 31.4. The van der Waals surface area contributed by atoms with Crippen LogP contribution in [0.4, 0.5) is 9.59 Å². The largest absolute Gasteiger partial charge is 0.450 e. The molecule has 0 saturated carbocycles. The predicted molar refractivity (Wildman–Crippen MR) is 114 cm³/mol. The third-order valence-corrected chi connectivity index (χ3v) is 7.14. The van der Waals surface area contributed by atoms with Crippen LogP contribution in [-0.2, 0) is 21.3 Å². The monoisotopic (exact) mass is 440 g/mol. The SMILES string of the molecule is CCOC(=O)N1CCC(NC(=O)NCc2ccc(S(=O)(=O)N(CC)CC)cc2)CC1. The van der Waals surface area contributed by atoms with Crippen LogP contribution in [0.25, 0.3) is 0 Å². The number of likely N-dealkylation sites (tertiary alicyclic amines) is 1. The first-order valence-corrected chi connectivity index (χ1v) is 11.8. The van der Waals surface area contributed by atoms with Crippen molar-refractivity contribution in [3.05, 3.63) is 29.8 Å². The van der Waals surface area contributed by atoms with Gasteiger partial charge in [0.1, 0.15) is 0 Å². The van der Waals surface area contributed by atoms with Crippen LogP contribution in [0.3, 0.4) is 0 Å². The van der Waals surface area contributed by atoms with Gasteiger partial charge in [-0.1, -0.05) is 26.0 Å². The fraction of sp³-hybridized carbons (Fsp3) is 0.600. The number of carbonyl (C=O) groups excluding carboxylic acids is 2. The highest BCUT2D eigenvalue weighted by Crippen LogP contribution is 2.16. The summed E-state index contributed by atoms with van der Waals surface area (Å²) in [5.74, 6) is 0. The van der Waals surface area contributed by atoms with Gasteiger partial charge in [-0.25, -0.2) is 18.0 Å². The van der Waals surface area contributed by atoms with Gasteiger partial charge in [0.15, 0.2) is 0 Å². The summed E-state index contributed by atoms with van der Waals surface area (Å²) in [6.45, 7) is 7.95. The molecule has 0 radical (unpaired) electrons. The Hall–Kier alpha value is -2.33. The van der Waals surface area contributed by atoms with E-state index in [1.165, 1.54) is 4.31 Å². The number of hydrogen-bond donors (Lipinski definition) is 2. The van der Waals surface area contributed by atoms with Crippen molar-refractivity contribution in [1.29, 1.82) is 0 Å². The zero-order valence-electron chi connectivity index (χ0n) is 17.9. The van der Waals surface area contributed by atoms with E-state index in [9.17, 15) is 18.0 Å². The summed E-state index contributed by atoms with van der Waals surface area (Å²) >= 11 is 0. The van der Waals surface area contributed by atoms with Crippen LogP contribution in [0.5, 0.6) is 0 Å². The van der Waals surface area contributed by atoms with Crippen LogP contribution in [0.1, 0.15) is 39.2 Å². The number of nitrogens with one attached hydrogen (secondary N) is 2. The fourth-order valence-corrected chi connectivity index (χ4v) is 4.79. The number of sulfonamides is 1. The van der Waals surface area contributed by atoms with Crippen molar-refractivity contribution in [2.24, 2.45) is 0 Å². The van der Waals surface area contributed by atoms with E-state index in [4.69, 9.17) is 4.74 Å². The number of rotatable bonds is 8.